The van der Waals surface area contributed by atoms with E-state index >= 15 is 0 Å². The third kappa shape index (κ3) is 1.69. The summed E-state index contributed by atoms with van der Waals surface area (Å²) in [5.74, 6) is 0.110. The summed E-state index contributed by atoms with van der Waals surface area (Å²) in [7, 11) is 0. The van der Waals surface area contributed by atoms with Gasteiger partial charge in [-0.2, -0.15) is 0 Å². The Kier molecular flexibility index (Phi) is 2.26. The van der Waals surface area contributed by atoms with Gasteiger partial charge in [0.1, 0.15) is 5.82 Å². The number of hydrogen-bond donors (Lipinski definition) is 0. The van der Waals surface area contributed by atoms with Crippen LogP contribution in [0.1, 0.15) is 17.9 Å². The first-order chi connectivity index (χ1) is 6.38. The Morgan fingerprint density at radius 1 is 1.15 bits per heavy atom. The molecule has 1 unspecified atom stereocenters. The average Bonchev–Trinajstić information content (AvgIpc) is 2.20. The quantitative estimate of drug-likeness (QED) is 0.612. The van der Waals surface area contributed by atoms with Crippen LogP contribution in [0.3, 0.4) is 0 Å². The van der Waals surface area contributed by atoms with Gasteiger partial charge in [0.2, 0.25) is 0 Å². The highest BCUT2D eigenvalue weighted by molar-refractivity contribution is 5.29. The molecule has 0 N–H and O–H groups in total. The van der Waals surface area contributed by atoms with Crippen LogP contribution in [0.25, 0.3) is 0 Å². The van der Waals surface area contributed by atoms with E-state index in [1.54, 1.807) is 6.07 Å². The van der Waals surface area contributed by atoms with Crippen molar-refractivity contribution < 1.29 is 4.39 Å². The molecule has 0 nitrogen and oxygen atoms in total. The Morgan fingerprint density at radius 3 is 2.69 bits per heavy atom. The number of rotatable bonds is 1. The minimum absolute atomic E-state index is 0.104. The Hall–Kier alpha value is -1.37. The fourth-order valence-corrected chi connectivity index (χ4v) is 1.59. The van der Waals surface area contributed by atoms with E-state index in [1.807, 2.05) is 30.4 Å². The van der Waals surface area contributed by atoms with Gasteiger partial charge in [0.05, 0.1) is 0 Å². The molecule has 0 spiro atoms. The molecule has 0 saturated carbocycles. The molecule has 0 radical (unpaired) electrons. The topological polar surface area (TPSA) is 0 Å². The molecule has 2 rings (SSSR count). The summed E-state index contributed by atoms with van der Waals surface area (Å²) in [5, 5.41) is 0. The smallest absolute Gasteiger partial charge is 0.127 e. The normalized spacial score (nSPS) is 20.5. The molecule has 1 aliphatic rings. The van der Waals surface area contributed by atoms with Crippen molar-refractivity contribution in [1.82, 2.24) is 0 Å². The standard InChI is InChI=1S/C12H11F/c13-12-9-5-4-8-11(12)10-6-2-1-3-7-10/h1-6,8-10H,7H2. The highest BCUT2D eigenvalue weighted by Crippen LogP contribution is 2.26. The number of hydrogen-bond acceptors (Lipinski definition) is 0. The summed E-state index contributed by atoms with van der Waals surface area (Å²) in [6.07, 6.45) is 8.98. The minimum Gasteiger partial charge on any atom is -0.207 e. The van der Waals surface area contributed by atoms with Gasteiger partial charge in [0.15, 0.2) is 0 Å². The monoisotopic (exact) mass is 174 g/mol. The lowest BCUT2D eigenvalue weighted by atomic mass is 9.92. The van der Waals surface area contributed by atoms with E-state index in [0.717, 1.165) is 12.0 Å². The Bertz CT molecular complexity index is 350. The summed E-state index contributed by atoms with van der Waals surface area (Å²) < 4.78 is 13.3. The van der Waals surface area contributed by atoms with Crippen molar-refractivity contribution in [2.45, 2.75) is 12.3 Å². The molecule has 0 fully saturated rings. The molecule has 0 aliphatic heterocycles. The van der Waals surface area contributed by atoms with Crippen LogP contribution in [0.2, 0.25) is 0 Å². The molecular weight excluding hydrogens is 163 g/mol. The van der Waals surface area contributed by atoms with Gasteiger partial charge >= 0.3 is 0 Å². The van der Waals surface area contributed by atoms with E-state index in [1.165, 1.54) is 6.07 Å². The van der Waals surface area contributed by atoms with E-state index in [-0.39, 0.29) is 11.7 Å². The van der Waals surface area contributed by atoms with Gasteiger partial charge in [-0.15, -0.1) is 0 Å². The number of benzene rings is 1. The van der Waals surface area contributed by atoms with Crippen molar-refractivity contribution in [3.8, 4) is 0 Å². The zero-order valence-corrected chi connectivity index (χ0v) is 7.28. The molecule has 0 bridgehead atoms. The number of halogens is 1. The molecule has 1 aromatic rings. The second-order valence-electron chi connectivity index (χ2n) is 3.18. The van der Waals surface area contributed by atoms with Crippen molar-refractivity contribution in [3.63, 3.8) is 0 Å². The summed E-state index contributed by atoms with van der Waals surface area (Å²) in [6, 6.07) is 6.97. The van der Waals surface area contributed by atoms with Crippen LogP contribution in [0.15, 0.2) is 48.6 Å². The van der Waals surface area contributed by atoms with Crippen molar-refractivity contribution >= 4 is 0 Å². The van der Waals surface area contributed by atoms with Gasteiger partial charge in [-0.1, -0.05) is 42.5 Å². The van der Waals surface area contributed by atoms with Crippen LogP contribution >= 0.6 is 0 Å². The lowest BCUT2D eigenvalue weighted by Crippen LogP contribution is -1.98. The third-order valence-corrected chi connectivity index (χ3v) is 2.29. The minimum atomic E-state index is -0.104. The maximum absolute atomic E-state index is 13.3. The van der Waals surface area contributed by atoms with Gasteiger partial charge in [-0.3, -0.25) is 0 Å². The van der Waals surface area contributed by atoms with Crippen LogP contribution in [0.5, 0.6) is 0 Å². The van der Waals surface area contributed by atoms with Gasteiger partial charge in [0, 0.05) is 5.92 Å². The van der Waals surface area contributed by atoms with E-state index in [0.29, 0.717) is 0 Å². The van der Waals surface area contributed by atoms with Crippen LogP contribution in [0, 0.1) is 5.82 Å². The van der Waals surface area contributed by atoms with E-state index in [4.69, 9.17) is 0 Å². The van der Waals surface area contributed by atoms with Crippen molar-refractivity contribution in [2.24, 2.45) is 0 Å². The first kappa shape index (κ1) is 8.24. The molecule has 0 heterocycles. The molecule has 1 aliphatic carbocycles. The highest BCUT2D eigenvalue weighted by Gasteiger charge is 2.11. The molecular formula is C12H11F. The van der Waals surface area contributed by atoms with Crippen molar-refractivity contribution in [1.29, 1.82) is 0 Å². The second kappa shape index (κ2) is 3.56. The molecule has 66 valence electrons. The summed E-state index contributed by atoms with van der Waals surface area (Å²) in [6.45, 7) is 0. The molecule has 13 heavy (non-hydrogen) atoms. The van der Waals surface area contributed by atoms with Crippen LogP contribution in [-0.2, 0) is 0 Å². The second-order valence-corrected chi connectivity index (χ2v) is 3.18. The molecule has 1 heteroatoms. The van der Waals surface area contributed by atoms with Gasteiger partial charge in [0.25, 0.3) is 0 Å². The van der Waals surface area contributed by atoms with E-state index in [2.05, 4.69) is 6.08 Å². The van der Waals surface area contributed by atoms with Crippen LogP contribution < -0.4 is 0 Å². The predicted molar refractivity (Wildman–Crippen MR) is 52.0 cm³/mol. The van der Waals surface area contributed by atoms with Gasteiger partial charge in [-0.25, -0.2) is 4.39 Å². The fraction of sp³-hybridized carbons (Fsp3) is 0.167. The van der Waals surface area contributed by atoms with Crippen LogP contribution in [0.4, 0.5) is 4.39 Å². The van der Waals surface area contributed by atoms with Crippen LogP contribution in [-0.4, -0.2) is 0 Å². The Labute approximate surface area is 77.4 Å². The maximum Gasteiger partial charge on any atom is 0.127 e. The zero-order chi connectivity index (χ0) is 9.10. The molecule has 0 saturated heterocycles. The zero-order valence-electron chi connectivity index (χ0n) is 7.28. The van der Waals surface area contributed by atoms with E-state index < -0.39 is 0 Å². The molecule has 1 atom stereocenters. The SMILES string of the molecule is Fc1ccccc1C1C=CC=CC1. The largest absolute Gasteiger partial charge is 0.207 e. The molecule has 0 aromatic heterocycles. The predicted octanol–water partition coefficient (Wildman–Crippen LogP) is 3.43. The first-order valence-corrected chi connectivity index (χ1v) is 4.45. The maximum atomic E-state index is 13.3. The Balaban J connectivity index is 2.30. The first-order valence-electron chi connectivity index (χ1n) is 4.45. The van der Waals surface area contributed by atoms with E-state index in [9.17, 15) is 4.39 Å². The fourth-order valence-electron chi connectivity index (χ4n) is 1.59. The molecule has 1 aromatic carbocycles. The number of allylic oxidation sites excluding steroid dienone is 4. The van der Waals surface area contributed by atoms with Gasteiger partial charge < -0.3 is 0 Å². The van der Waals surface area contributed by atoms with Crippen molar-refractivity contribution in [3.05, 3.63) is 60.0 Å². The average molecular weight is 174 g/mol. The third-order valence-electron chi connectivity index (χ3n) is 2.29. The summed E-state index contributed by atoms with van der Waals surface area (Å²) in [5.41, 5.74) is 0.795. The van der Waals surface area contributed by atoms with Gasteiger partial charge in [-0.05, 0) is 18.1 Å². The lowest BCUT2D eigenvalue weighted by Gasteiger charge is -2.13. The summed E-state index contributed by atoms with van der Waals surface area (Å²) >= 11 is 0. The Morgan fingerprint density at radius 2 is 2.00 bits per heavy atom. The molecule has 0 amide bonds. The van der Waals surface area contributed by atoms with Crippen molar-refractivity contribution in [2.75, 3.05) is 0 Å². The summed E-state index contributed by atoms with van der Waals surface area (Å²) in [4.78, 5) is 0. The highest BCUT2D eigenvalue weighted by atomic mass is 19.1. The lowest BCUT2D eigenvalue weighted by molar-refractivity contribution is 0.599.